The molecule has 3 nitrogen and oxygen atoms in total. The number of nitrogens with two attached hydrogens (primary N) is 1. The van der Waals surface area contributed by atoms with Crippen molar-refractivity contribution in [2.24, 2.45) is 5.73 Å². The van der Waals surface area contributed by atoms with Crippen LogP contribution in [0.4, 0.5) is 0 Å². The number of hydrogen-bond acceptors (Lipinski definition) is 3. The van der Waals surface area contributed by atoms with Crippen molar-refractivity contribution < 1.29 is 4.79 Å². The monoisotopic (exact) mass is 312 g/mol. The van der Waals surface area contributed by atoms with Gasteiger partial charge in [0.25, 0.3) is 0 Å². The van der Waals surface area contributed by atoms with Gasteiger partial charge in [-0.15, -0.1) is 11.3 Å². The summed E-state index contributed by atoms with van der Waals surface area (Å²) in [6.07, 6.45) is 0.960. The molecule has 1 unspecified atom stereocenters. The molecule has 1 aliphatic heterocycles. The Morgan fingerprint density at radius 3 is 2.90 bits per heavy atom. The van der Waals surface area contributed by atoms with E-state index in [1.54, 1.807) is 17.4 Å². The van der Waals surface area contributed by atoms with Crippen molar-refractivity contribution in [3.63, 3.8) is 0 Å². The molecule has 2 N–H and O–H groups in total. The lowest BCUT2D eigenvalue weighted by Crippen LogP contribution is -2.40. The molecule has 1 aliphatic rings. The topological polar surface area (TPSA) is 46.3 Å². The Hall–Kier alpha value is -1.36. The molecular weight excluding hydrogens is 298 g/mol. The summed E-state index contributed by atoms with van der Waals surface area (Å²) in [6.45, 7) is 1.57. The molecule has 0 aliphatic carbocycles. The number of hydrogen-bond donors (Lipinski definition) is 1. The first-order valence-electron chi connectivity index (χ1n) is 6.50. The van der Waals surface area contributed by atoms with Gasteiger partial charge in [-0.2, -0.15) is 0 Å². The number of carbonyl (C=O) groups is 1. The predicted molar refractivity (Wildman–Crippen MR) is 81.8 cm³/mol. The zero-order valence-corrected chi connectivity index (χ0v) is 12.5. The first-order chi connectivity index (χ1) is 9.66. The van der Waals surface area contributed by atoms with Gasteiger partial charge in [0.05, 0.1) is 0 Å². The average molecular weight is 313 g/mol. The molecule has 1 aromatic carbocycles. The van der Waals surface area contributed by atoms with Crippen molar-refractivity contribution in [1.82, 2.24) is 4.90 Å². The molecule has 1 amide bonds. The van der Waals surface area contributed by atoms with Gasteiger partial charge in [-0.25, -0.2) is 0 Å². The number of benzene rings is 1. The van der Waals surface area contributed by atoms with Crippen molar-refractivity contribution in [1.29, 1.82) is 0 Å². The predicted octanol–water partition coefficient (Wildman–Crippen LogP) is 2.99. The third-order valence-electron chi connectivity index (χ3n) is 3.67. The SMILES string of the molecule is NC(=O)C([13c]1[13cH][13cH][13cH][13cH][13c]1Cl)N1CCc2sccc2C1. The zero-order valence-electron chi connectivity index (χ0n) is 10.9. The van der Waals surface area contributed by atoms with Crippen LogP contribution in [0.2, 0.25) is 5.02 Å². The number of amides is 1. The third-order valence-corrected chi connectivity index (χ3v) is 5.04. The molecule has 5 heteroatoms. The Morgan fingerprint density at radius 2 is 2.15 bits per heavy atom. The highest BCUT2D eigenvalue weighted by atomic mass is 35.5. The highest BCUT2D eigenvalue weighted by Crippen LogP contribution is 2.32. The van der Waals surface area contributed by atoms with E-state index in [1.165, 1.54) is 10.4 Å². The second kappa shape index (κ2) is 5.56. The second-order valence-corrected chi connectivity index (χ2v) is 6.32. The van der Waals surface area contributed by atoms with Gasteiger partial charge in [0.2, 0.25) is 5.91 Å². The smallest absolute Gasteiger partial charge is 0.239 e. The van der Waals surface area contributed by atoms with E-state index in [0.717, 1.165) is 25.1 Å². The number of thiophene rings is 1. The normalized spacial score (nSPS) is 16.6. The highest BCUT2D eigenvalue weighted by molar-refractivity contribution is 7.10. The molecule has 1 aromatic heterocycles. The van der Waals surface area contributed by atoms with Crippen molar-refractivity contribution in [3.05, 3.63) is 56.7 Å². The molecule has 2 heterocycles. The van der Waals surface area contributed by atoms with E-state index < -0.39 is 6.04 Å². The second-order valence-electron chi connectivity index (χ2n) is 4.92. The van der Waals surface area contributed by atoms with Crippen molar-refractivity contribution >= 4 is 28.8 Å². The molecule has 1 atom stereocenters. The molecule has 2 aromatic rings. The molecule has 3 rings (SSSR count). The number of fused-ring (bicyclic) bond motifs is 1. The molecule has 0 radical (unpaired) electrons. The van der Waals surface area contributed by atoms with E-state index in [4.69, 9.17) is 17.3 Å². The lowest BCUT2D eigenvalue weighted by molar-refractivity contribution is -0.123. The fourth-order valence-electron chi connectivity index (χ4n) is 2.72. The van der Waals surface area contributed by atoms with Crippen LogP contribution in [-0.2, 0) is 17.8 Å². The summed E-state index contributed by atoms with van der Waals surface area (Å²) in [5, 5.41) is 2.69. The highest BCUT2D eigenvalue weighted by Gasteiger charge is 2.30. The van der Waals surface area contributed by atoms with Crippen LogP contribution in [0.1, 0.15) is 22.0 Å². The Balaban J connectivity index is 1.93. The van der Waals surface area contributed by atoms with Gasteiger partial charge in [-0.1, -0.05) is 29.8 Å². The van der Waals surface area contributed by atoms with Gasteiger partial charge in [0, 0.05) is 23.0 Å². The van der Waals surface area contributed by atoms with Gasteiger partial charge < -0.3 is 5.73 Å². The lowest BCUT2D eigenvalue weighted by atomic mass is 10.1. The molecular formula is C15H15ClN2OS. The van der Waals surface area contributed by atoms with E-state index in [0.29, 0.717) is 5.02 Å². The standard InChI is InChI=1S/C15H15ClN2OS/c16-12-4-2-1-3-11(12)14(15(17)19)18-7-5-13-10(9-18)6-8-20-13/h1-4,6,8,14H,5,7,9H2,(H2,17,19)/i1+1,2+1,3+1,4+1,11+1,12+1. The van der Waals surface area contributed by atoms with E-state index >= 15 is 0 Å². The minimum absolute atomic E-state index is 0.350. The summed E-state index contributed by atoms with van der Waals surface area (Å²) in [4.78, 5) is 15.4. The van der Waals surface area contributed by atoms with Gasteiger partial charge >= 0.3 is 0 Å². The third kappa shape index (κ3) is 2.46. The van der Waals surface area contributed by atoms with Crippen molar-refractivity contribution in [2.45, 2.75) is 19.0 Å². The van der Waals surface area contributed by atoms with E-state index in [-0.39, 0.29) is 5.91 Å². The molecule has 0 saturated heterocycles. The van der Waals surface area contributed by atoms with Crippen LogP contribution >= 0.6 is 22.9 Å². The van der Waals surface area contributed by atoms with Gasteiger partial charge in [-0.3, -0.25) is 9.69 Å². The maximum Gasteiger partial charge on any atom is 0.239 e. The van der Waals surface area contributed by atoms with Crippen LogP contribution in [0.15, 0.2) is 35.7 Å². The number of halogens is 1. The number of primary amides is 1. The van der Waals surface area contributed by atoms with Crippen LogP contribution in [0.5, 0.6) is 0 Å². The van der Waals surface area contributed by atoms with Gasteiger partial charge in [0.1, 0.15) is 6.04 Å². The van der Waals surface area contributed by atoms with Crippen LogP contribution in [0.25, 0.3) is 0 Å². The summed E-state index contributed by atoms with van der Waals surface area (Å²) in [5.74, 6) is -0.350. The fraction of sp³-hybridized carbons (Fsp3) is 0.267. The van der Waals surface area contributed by atoms with E-state index in [1.807, 2.05) is 18.2 Å². The van der Waals surface area contributed by atoms with Crippen LogP contribution < -0.4 is 5.73 Å². The minimum atomic E-state index is -0.461. The van der Waals surface area contributed by atoms with Gasteiger partial charge in [-0.05, 0) is 35.1 Å². The average Bonchev–Trinajstić information content (AvgIpc) is 2.88. The van der Waals surface area contributed by atoms with Crippen LogP contribution in [-0.4, -0.2) is 17.4 Å². The van der Waals surface area contributed by atoms with E-state index in [9.17, 15) is 4.79 Å². The van der Waals surface area contributed by atoms with Crippen molar-refractivity contribution in [2.75, 3.05) is 6.54 Å². The Bertz CT molecular complexity index is 640. The maximum atomic E-state index is 11.9. The molecule has 20 heavy (non-hydrogen) atoms. The van der Waals surface area contributed by atoms with Crippen LogP contribution in [0, 0.1) is 0 Å². The zero-order chi connectivity index (χ0) is 14.1. The first kappa shape index (κ1) is 13.6. The largest absolute Gasteiger partial charge is 0.368 e. The number of nitrogens with zero attached hydrogens (tertiary/aromatic N) is 1. The Labute approximate surface area is 127 Å². The summed E-state index contributed by atoms with van der Waals surface area (Å²) in [7, 11) is 0. The quantitative estimate of drug-likeness (QED) is 0.947. The lowest BCUT2D eigenvalue weighted by Gasteiger charge is -2.33. The number of rotatable bonds is 3. The van der Waals surface area contributed by atoms with E-state index in [2.05, 4.69) is 16.3 Å². The number of carbonyl (C=O) groups excluding carboxylic acids is 1. The molecule has 0 saturated carbocycles. The first-order valence-corrected chi connectivity index (χ1v) is 7.75. The Morgan fingerprint density at radius 1 is 1.35 bits per heavy atom. The molecule has 0 fully saturated rings. The maximum absolute atomic E-state index is 11.9. The van der Waals surface area contributed by atoms with Gasteiger partial charge in [0.15, 0.2) is 0 Å². The fourth-order valence-corrected chi connectivity index (χ4v) is 3.85. The molecule has 0 spiro atoms. The summed E-state index contributed by atoms with van der Waals surface area (Å²) in [5.41, 5.74) is 7.71. The van der Waals surface area contributed by atoms with Crippen molar-refractivity contribution in [3.8, 4) is 0 Å². The summed E-state index contributed by atoms with van der Waals surface area (Å²) < 4.78 is 0. The Kier molecular flexibility index (Phi) is 3.78. The summed E-state index contributed by atoms with van der Waals surface area (Å²) >= 11 is 8.01. The minimum Gasteiger partial charge on any atom is -0.368 e. The van der Waals surface area contributed by atoms with Crippen LogP contribution in [0.3, 0.4) is 0 Å². The molecule has 104 valence electrons. The summed E-state index contributed by atoms with van der Waals surface area (Å²) in [6, 6.07) is 9.08. The molecule has 0 bridgehead atoms.